The third-order valence-electron chi connectivity index (χ3n) is 13.2. The van der Waals surface area contributed by atoms with Gasteiger partial charge in [-0.2, -0.15) is 5.26 Å². The summed E-state index contributed by atoms with van der Waals surface area (Å²) in [5.41, 5.74) is 4.82. The molecule has 3 aromatic rings. The van der Waals surface area contributed by atoms with Crippen LogP contribution in [0.5, 0.6) is 5.75 Å². The zero-order valence-corrected chi connectivity index (χ0v) is 35.2. The molecule has 3 aromatic carbocycles. The fourth-order valence-electron chi connectivity index (χ4n) is 10.3. The molecule has 0 aromatic heterocycles. The Morgan fingerprint density at radius 2 is 1.52 bits per heavy atom. The van der Waals surface area contributed by atoms with E-state index in [0.717, 1.165) is 79.0 Å². The lowest BCUT2D eigenvalue weighted by molar-refractivity contribution is -0.164. The molecular weight excluding hydrogens is 763 g/mol. The quantitative estimate of drug-likeness (QED) is 0.298. The molecule has 314 valence electrons. The van der Waals surface area contributed by atoms with E-state index < -0.39 is 29.7 Å². The van der Waals surface area contributed by atoms with Gasteiger partial charge in [0, 0.05) is 86.0 Å². The number of morpholine rings is 1. The molecular formula is C46H53N7O7. The highest BCUT2D eigenvalue weighted by Gasteiger charge is 2.64. The predicted molar refractivity (Wildman–Crippen MR) is 224 cm³/mol. The van der Waals surface area contributed by atoms with E-state index in [2.05, 4.69) is 59.1 Å². The van der Waals surface area contributed by atoms with Gasteiger partial charge in [-0.15, -0.1) is 0 Å². The summed E-state index contributed by atoms with van der Waals surface area (Å²) in [5.74, 6) is -1.42. The van der Waals surface area contributed by atoms with E-state index in [0.29, 0.717) is 17.7 Å². The van der Waals surface area contributed by atoms with Crippen LogP contribution in [0, 0.1) is 36.0 Å². The second kappa shape index (κ2) is 15.7. The third-order valence-corrected chi connectivity index (χ3v) is 13.2. The Morgan fingerprint density at radius 1 is 0.867 bits per heavy atom. The highest BCUT2D eigenvalue weighted by molar-refractivity contribution is 6.23. The summed E-state index contributed by atoms with van der Waals surface area (Å²) < 4.78 is 12.8. The SMILES string of the molecule is Cc1cc(OC2C(C)(C)C(NC(=O)c3ccc(N4CCO[C@H](CN5CCN(c6ccc7c(c6)C(=O)N(C6CCC(=O)NC6=O)C7=O)CC5)C4)cc3)C2(C)C)cc(C)c1C#N. The minimum absolute atomic E-state index is 0.00511. The average molecular weight is 816 g/mol. The van der Waals surface area contributed by atoms with Crippen molar-refractivity contribution in [3.05, 3.63) is 88.0 Å². The van der Waals surface area contributed by atoms with Crippen LogP contribution in [0.25, 0.3) is 0 Å². The van der Waals surface area contributed by atoms with Gasteiger partial charge in [-0.1, -0.05) is 27.7 Å². The molecule has 5 amide bonds. The van der Waals surface area contributed by atoms with Crippen LogP contribution in [0.4, 0.5) is 11.4 Å². The largest absolute Gasteiger partial charge is 0.489 e. The number of anilines is 2. The lowest BCUT2D eigenvalue weighted by Gasteiger charge is -2.63. The topological polar surface area (TPSA) is 165 Å². The maximum atomic E-state index is 13.6. The Morgan fingerprint density at radius 3 is 2.17 bits per heavy atom. The molecule has 1 saturated carbocycles. The van der Waals surface area contributed by atoms with Crippen LogP contribution < -0.4 is 25.2 Å². The Bertz CT molecular complexity index is 2250. The van der Waals surface area contributed by atoms with Crippen LogP contribution in [0.15, 0.2) is 54.6 Å². The van der Waals surface area contributed by atoms with Crippen molar-refractivity contribution in [3.63, 3.8) is 0 Å². The molecule has 2 atom stereocenters. The molecule has 14 heteroatoms. The third kappa shape index (κ3) is 7.38. The summed E-state index contributed by atoms with van der Waals surface area (Å²) in [6.45, 7) is 18.2. The molecule has 8 rings (SSSR count). The number of carbonyl (C=O) groups is 5. The fraction of sp³-hybridized carbons (Fsp3) is 0.478. The molecule has 5 aliphatic rings. The number of rotatable bonds is 9. The second-order valence-electron chi connectivity index (χ2n) is 18.0. The molecule has 1 aliphatic carbocycles. The molecule has 2 N–H and O–H groups in total. The van der Waals surface area contributed by atoms with Crippen molar-refractivity contribution >= 4 is 40.9 Å². The standard InChI is InChI=1S/C46H53N7O7/c1-27-21-32(22-28(2)36(27)24-47)60-44-45(3,4)43(46(44,5)6)49-39(55)29-7-9-30(10-8-29)52-19-20-59-33(26-52)25-50-15-17-51(18-16-50)31-11-12-34-35(23-31)42(58)53(41(34)57)37-13-14-38(54)48-40(37)56/h7-12,21-23,33,37,43-44H,13-20,25-26H2,1-6H3,(H,49,55)(H,48,54,56)/t33-,37?,43?,44?/m1/s1. The van der Waals surface area contributed by atoms with Gasteiger partial charge in [0.05, 0.1) is 35.5 Å². The Hall–Kier alpha value is -5.78. The number of piperidine rings is 1. The Balaban J connectivity index is 0.824. The summed E-state index contributed by atoms with van der Waals surface area (Å²) in [6, 6.07) is 18.0. The molecule has 14 nitrogen and oxygen atoms in total. The second-order valence-corrected chi connectivity index (χ2v) is 18.0. The average Bonchev–Trinajstić information content (AvgIpc) is 3.46. The van der Waals surface area contributed by atoms with Crippen LogP contribution in [0.3, 0.4) is 0 Å². The minimum atomic E-state index is -0.989. The van der Waals surface area contributed by atoms with Crippen LogP contribution in [0.1, 0.15) is 88.3 Å². The van der Waals surface area contributed by atoms with Crippen molar-refractivity contribution in [3.8, 4) is 11.8 Å². The lowest BCUT2D eigenvalue weighted by Crippen LogP contribution is -2.74. The first-order chi connectivity index (χ1) is 28.6. The van der Waals surface area contributed by atoms with Gasteiger partial charge in [-0.3, -0.25) is 39.1 Å². The van der Waals surface area contributed by atoms with Crippen LogP contribution in [-0.2, 0) is 14.3 Å². The lowest BCUT2D eigenvalue weighted by atomic mass is 9.49. The molecule has 60 heavy (non-hydrogen) atoms. The van der Waals surface area contributed by atoms with Gasteiger partial charge in [0.2, 0.25) is 11.8 Å². The number of carbonyl (C=O) groups excluding carboxylic acids is 5. The highest BCUT2D eigenvalue weighted by Crippen LogP contribution is 2.55. The summed E-state index contributed by atoms with van der Waals surface area (Å²) in [5, 5.41) is 15.0. The van der Waals surface area contributed by atoms with Crippen molar-refractivity contribution in [1.29, 1.82) is 5.26 Å². The van der Waals surface area contributed by atoms with E-state index in [1.165, 1.54) is 0 Å². The van der Waals surface area contributed by atoms with Crippen LogP contribution in [-0.4, -0.2) is 116 Å². The zero-order chi connectivity index (χ0) is 42.7. The molecule has 4 heterocycles. The van der Waals surface area contributed by atoms with Crippen molar-refractivity contribution in [2.75, 3.05) is 62.2 Å². The van der Waals surface area contributed by atoms with Gasteiger partial charge in [-0.25, -0.2) is 0 Å². The van der Waals surface area contributed by atoms with E-state index in [4.69, 9.17) is 9.47 Å². The van der Waals surface area contributed by atoms with Gasteiger partial charge in [-0.05, 0) is 86.0 Å². The van der Waals surface area contributed by atoms with Crippen LogP contribution >= 0.6 is 0 Å². The van der Waals surface area contributed by atoms with Gasteiger partial charge in [0.25, 0.3) is 17.7 Å². The molecule has 0 spiro atoms. The van der Waals surface area contributed by atoms with E-state index in [1.54, 1.807) is 12.1 Å². The van der Waals surface area contributed by atoms with Crippen molar-refractivity contribution in [2.45, 2.75) is 78.7 Å². The first kappa shape index (κ1) is 41.0. The molecule has 0 bridgehead atoms. The maximum absolute atomic E-state index is 13.6. The predicted octanol–water partition coefficient (Wildman–Crippen LogP) is 4.22. The van der Waals surface area contributed by atoms with Crippen molar-refractivity contribution in [2.24, 2.45) is 10.8 Å². The molecule has 3 saturated heterocycles. The maximum Gasteiger partial charge on any atom is 0.262 e. The van der Waals surface area contributed by atoms with Gasteiger partial charge in [0.15, 0.2) is 0 Å². The zero-order valence-electron chi connectivity index (χ0n) is 35.2. The number of nitriles is 1. The number of nitrogens with zero attached hydrogens (tertiary/aromatic N) is 5. The summed E-state index contributed by atoms with van der Waals surface area (Å²) >= 11 is 0. The first-order valence-electron chi connectivity index (χ1n) is 20.8. The molecule has 4 fully saturated rings. The van der Waals surface area contributed by atoms with Gasteiger partial charge in [0.1, 0.15) is 17.9 Å². The monoisotopic (exact) mass is 815 g/mol. The van der Waals surface area contributed by atoms with Gasteiger partial charge >= 0.3 is 0 Å². The number of hydrogen-bond acceptors (Lipinski definition) is 11. The Kier molecular flexibility index (Phi) is 10.7. The number of fused-ring (bicyclic) bond motifs is 1. The number of nitrogens with one attached hydrogen (secondary N) is 2. The minimum Gasteiger partial charge on any atom is -0.489 e. The number of aryl methyl sites for hydroxylation is 2. The normalized spacial score (nSPS) is 25.0. The molecule has 1 unspecified atom stereocenters. The number of hydrogen-bond donors (Lipinski definition) is 2. The van der Waals surface area contributed by atoms with E-state index >= 15 is 0 Å². The first-order valence-corrected chi connectivity index (χ1v) is 20.8. The summed E-state index contributed by atoms with van der Waals surface area (Å²) in [4.78, 5) is 72.1. The number of imide groups is 2. The number of ether oxygens (including phenoxy) is 2. The van der Waals surface area contributed by atoms with E-state index in [-0.39, 0.29) is 59.0 Å². The van der Waals surface area contributed by atoms with Crippen LogP contribution in [0.2, 0.25) is 0 Å². The highest BCUT2D eigenvalue weighted by atomic mass is 16.5. The van der Waals surface area contributed by atoms with Crippen molar-refractivity contribution in [1.82, 2.24) is 20.4 Å². The number of amides is 5. The van der Waals surface area contributed by atoms with E-state index in [1.807, 2.05) is 56.3 Å². The van der Waals surface area contributed by atoms with Gasteiger partial charge < -0.3 is 24.6 Å². The van der Waals surface area contributed by atoms with Crippen molar-refractivity contribution < 1.29 is 33.4 Å². The summed E-state index contributed by atoms with van der Waals surface area (Å²) in [7, 11) is 0. The molecule has 0 radical (unpaired) electrons. The number of benzene rings is 3. The molecule has 4 aliphatic heterocycles. The Labute approximate surface area is 350 Å². The van der Waals surface area contributed by atoms with E-state index in [9.17, 15) is 29.2 Å². The fourth-order valence-corrected chi connectivity index (χ4v) is 10.3. The summed E-state index contributed by atoms with van der Waals surface area (Å²) in [6.07, 6.45) is 0.0639. The smallest absolute Gasteiger partial charge is 0.262 e. The number of piperazine rings is 1.